The van der Waals surface area contributed by atoms with Crippen LogP contribution in [-0.2, 0) is 4.79 Å². The van der Waals surface area contributed by atoms with E-state index < -0.39 is 11.9 Å². The van der Waals surface area contributed by atoms with E-state index in [9.17, 15) is 9.59 Å². The van der Waals surface area contributed by atoms with Crippen LogP contribution in [0.3, 0.4) is 0 Å². The average molecular weight is 342 g/mol. The summed E-state index contributed by atoms with van der Waals surface area (Å²) in [7, 11) is 2.89. The number of nitriles is 1. The largest absolute Gasteiger partial charge is 0.493 e. The molecule has 7 heteroatoms. The van der Waals surface area contributed by atoms with E-state index in [1.165, 1.54) is 31.6 Å². The molecule has 1 amide bonds. The summed E-state index contributed by atoms with van der Waals surface area (Å²) in [6.07, 6.45) is 1.42. The molecule has 0 spiro atoms. The van der Waals surface area contributed by atoms with Gasteiger partial charge in [0, 0.05) is 7.05 Å². The van der Waals surface area contributed by atoms with E-state index in [1.54, 1.807) is 35.7 Å². The Balaban J connectivity index is 2.28. The molecule has 122 valence electrons. The molecular formula is C17H14N2O4S. The van der Waals surface area contributed by atoms with E-state index in [0.717, 1.165) is 0 Å². The van der Waals surface area contributed by atoms with Gasteiger partial charge in [-0.15, -0.1) is 11.3 Å². The van der Waals surface area contributed by atoms with E-state index >= 15 is 0 Å². The second kappa shape index (κ2) is 7.94. The summed E-state index contributed by atoms with van der Waals surface area (Å²) < 4.78 is 10.5. The number of methoxy groups -OCH3 is 1. The molecule has 6 nitrogen and oxygen atoms in total. The molecule has 0 fully saturated rings. The van der Waals surface area contributed by atoms with Crippen LogP contribution in [0.2, 0.25) is 0 Å². The lowest BCUT2D eigenvalue weighted by Gasteiger charge is -2.09. The van der Waals surface area contributed by atoms with Gasteiger partial charge in [-0.2, -0.15) is 5.26 Å². The molecule has 0 aliphatic carbocycles. The fraction of sp³-hybridized carbons (Fsp3) is 0.118. The Morgan fingerprint density at radius 3 is 2.67 bits per heavy atom. The van der Waals surface area contributed by atoms with Gasteiger partial charge in [0.1, 0.15) is 16.5 Å². The van der Waals surface area contributed by atoms with Crippen molar-refractivity contribution in [3.8, 4) is 17.6 Å². The second-order valence-corrected chi connectivity index (χ2v) is 5.47. The maximum Gasteiger partial charge on any atom is 0.353 e. The predicted octanol–water partition coefficient (Wildman–Crippen LogP) is 2.63. The predicted molar refractivity (Wildman–Crippen MR) is 89.9 cm³/mol. The van der Waals surface area contributed by atoms with E-state index in [2.05, 4.69) is 5.32 Å². The number of hydrogen-bond donors (Lipinski definition) is 1. The first-order chi connectivity index (χ1) is 11.6. The van der Waals surface area contributed by atoms with Gasteiger partial charge in [-0.3, -0.25) is 4.79 Å². The first-order valence-corrected chi connectivity index (χ1v) is 7.74. The van der Waals surface area contributed by atoms with E-state index in [1.807, 2.05) is 6.07 Å². The Kier molecular flexibility index (Phi) is 5.71. The highest BCUT2D eigenvalue weighted by Gasteiger charge is 2.14. The summed E-state index contributed by atoms with van der Waals surface area (Å²) in [6, 6.07) is 10.0. The van der Waals surface area contributed by atoms with Gasteiger partial charge in [-0.1, -0.05) is 12.1 Å². The topological polar surface area (TPSA) is 88.4 Å². The molecule has 0 bridgehead atoms. The number of esters is 1. The number of benzene rings is 1. The third kappa shape index (κ3) is 4.00. The van der Waals surface area contributed by atoms with Gasteiger partial charge >= 0.3 is 5.97 Å². The van der Waals surface area contributed by atoms with Crippen molar-refractivity contribution in [2.45, 2.75) is 0 Å². The van der Waals surface area contributed by atoms with Crippen LogP contribution in [-0.4, -0.2) is 26.0 Å². The molecule has 0 unspecified atom stereocenters. The summed E-state index contributed by atoms with van der Waals surface area (Å²) in [6.45, 7) is 0. The van der Waals surface area contributed by atoms with Crippen LogP contribution in [0.15, 0.2) is 41.3 Å². The summed E-state index contributed by atoms with van der Waals surface area (Å²) >= 11 is 1.28. The van der Waals surface area contributed by atoms with Gasteiger partial charge in [-0.25, -0.2) is 4.79 Å². The van der Waals surface area contributed by atoms with Crippen LogP contribution in [0.25, 0.3) is 6.08 Å². The molecule has 0 atom stereocenters. The Bertz CT molecular complexity index is 820. The highest BCUT2D eigenvalue weighted by Crippen LogP contribution is 2.30. The minimum Gasteiger partial charge on any atom is -0.493 e. The number of amides is 1. The van der Waals surface area contributed by atoms with E-state index in [-0.39, 0.29) is 11.3 Å². The van der Waals surface area contributed by atoms with Crippen LogP contribution in [0.1, 0.15) is 15.2 Å². The maximum atomic E-state index is 12.0. The number of thiophene rings is 1. The van der Waals surface area contributed by atoms with Crippen LogP contribution in [0.5, 0.6) is 11.5 Å². The number of carbonyl (C=O) groups excluding carboxylic acids is 2. The lowest BCUT2D eigenvalue weighted by atomic mass is 10.1. The number of nitrogens with one attached hydrogen (secondary N) is 1. The third-order valence-corrected chi connectivity index (χ3v) is 3.87. The summed E-state index contributed by atoms with van der Waals surface area (Å²) in [5, 5.41) is 13.2. The third-order valence-electron chi connectivity index (χ3n) is 3.02. The minimum atomic E-state index is -0.482. The van der Waals surface area contributed by atoms with Crippen molar-refractivity contribution in [1.29, 1.82) is 5.26 Å². The van der Waals surface area contributed by atoms with Crippen molar-refractivity contribution in [1.82, 2.24) is 5.32 Å². The Hall–Kier alpha value is -3.11. The summed E-state index contributed by atoms with van der Waals surface area (Å²) in [5.74, 6) is -0.381. The van der Waals surface area contributed by atoms with Gasteiger partial charge in [0.25, 0.3) is 5.91 Å². The van der Waals surface area contributed by atoms with Crippen molar-refractivity contribution < 1.29 is 19.1 Å². The van der Waals surface area contributed by atoms with Crippen molar-refractivity contribution in [3.63, 3.8) is 0 Å². The normalized spacial score (nSPS) is 10.6. The molecular weight excluding hydrogens is 328 g/mol. The number of rotatable bonds is 5. The maximum absolute atomic E-state index is 12.0. The van der Waals surface area contributed by atoms with Crippen LogP contribution < -0.4 is 14.8 Å². The first-order valence-electron chi connectivity index (χ1n) is 6.86. The average Bonchev–Trinajstić information content (AvgIpc) is 3.14. The van der Waals surface area contributed by atoms with Crippen LogP contribution >= 0.6 is 11.3 Å². The molecule has 2 aromatic rings. The molecule has 0 radical (unpaired) electrons. The Morgan fingerprint density at radius 2 is 2.08 bits per heavy atom. The van der Waals surface area contributed by atoms with Crippen LogP contribution in [0, 0.1) is 11.3 Å². The molecule has 0 aliphatic rings. The highest BCUT2D eigenvalue weighted by molar-refractivity contribution is 7.12. The van der Waals surface area contributed by atoms with E-state index in [4.69, 9.17) is 14.7 Å². The van der Waals surface area contributed by atoms with Crippen LogP contribution in [0.4, 0.5) is 0 Å². The lowest BCUT2D eigenvalue weighted by Crippen LogP contribution is -2.19. The number of ether oxygens (including phenoxy) is 2. The monoisotopic (exact) mass is 342 g/mol. The fourth-order valence-corrected chi connectivity index (χ4v) is 2.45. The van der Waals surface area contributed by atoms with Gasteiger partial charge in [0.15, 0.2) is 11.5 Å². The van der Waals surface area contributed by atoms with Gasteiger partial charge in [0.05, 0.1) is 7.11 Å². The molecule has 1 N–H and O–H groups in total. The van der Waals surface area contributed by atoms with Crippen molar-refractivity contribution in [2.75, 3.05) is 14.2 Å². The molecule has 0 saturated heterocycles. The molecule has 1 aromatic carbocycles. The quantitative estimate of drug-likeness (QED) is 0.390. The molecule has 2 rings (SSSR count). The zero-order chi connectivity index (χ0) is 17.5. The number of nitrogens with zero attached hydrogens (tertiary/aromatic N) is 1. The molecule has 0 aliphatic heterocycles. The molecule has 1 heterocycles. The minimum absolute atomic E-state index is 0.0390. The smallest absolute Gasteiger partial charge is 0.353 e. The standard InChI is InChI=1S/C17H14N2O4S/c1-19-16(20)12(10-18)8-11-5-6-13(14(9-11)22-2)23-17(21)15-4-3-7-24-15/h3-9H,1-2H3,(H,19,20)/b12-8+. The molecule has 24 heavy (non-hydrogen) atoms. The number of likely N-dealkylation sites (N-methyl/N-ethyl adjacent to an activating group) is 1. The first kappa shape index (κ1) is 17.2. The van der Waals surface area contributed by atoms with Crippen molar-refractivity contribution >= 4 is 29.3 Å². The van der Waals surface area contributed by atoms with Gasteiger partial charge in [0.2, 0.25) is 0 Å². The SMILES string of the molecule is CNC(=O)/C(C#N)=C/c1ccc(OC(=O)c2cccs2)c(OC)c1. The summed E-state index contributed by atoms with van der Waals surface area (Å²) in [5.41, 5.74) is 0.533. The highest BCUT2D eigenvalue weighted by atomic mass is 32.1. The molecule has 0 saturated carbocycles. The zero-order valence-corrected chi connectivity index (χ0v) is 13.8. The Morgan fingerprint density at radius 1 is 1.29 bits per heavy atom. The second-order valence-electron chi connectivity index (χ2n) is 4.53. The number of hydrogen-bond acceptors (Lipinski definition) is 6. The van der Waals surface area contributed by atoms with Crippen molar-refractivity contribution in [2.24, 2.45) is 0 Å². The molecule has 1 aromatic heterocycles. The zero-order valence-electron chi connectivity index (χ0n) is 13.0. The van der Waals surface area contributed by atoms with Gasteiger partial charge < -0.3 is 14.8 Å². The van der Waals surface area contributed by atoms with Gasteiger partial charge in [-0.05, 0) is 35.2 Å². The number of carbonyl (C=O) groups is 2. The van der Waals surface area contributed by atoms with Crippen molar-refractivity contribution in [3.05, 3.63) is 51.7 Å². The summed E-state index contributed by atoms with van der Waals surface area (Å²) in [4.78, 5) is 24.0. The fourth-order valence-electron chi connectivity index (χ4n) is 1.85. The lowest BCUT2D eigenvalue weighted by molar-refractivity contribution is -0.116. The van der Waals surface area contributed by atoms with E-state index in [0.29, 0.717) is 16.2 Å². The Labute approximate surface area is 142 Å².